The second-order valence-electron chi connectivity index (χ2n) is 2.85. The average Bonchev–Trinajstić information content (AvgIpc) is 2.66. The van der Waals surface area contributed by atoms with Crippen LogP contribution in [0, 0.1) is 3.57 Å². The molecule has 0 bridgehead atoms. The predicted molar refractivity (Wildman–Crippen MR) is 69.5 cm³/mol. The Bertz CT molecular complexity index is 492. The Morgan fingerprint density at radius 3 is 3.00 bits per heavy atom. The quantitative estimate of drug-likeness (QED) is 0.459. The van der Waals surface area contributed by atoms with Crippen LogP contribution in [-0.4, -0.2) is 6.29 Å². The Morgan fingerprint density at radius 2 is 2.36 bits per heavy atom. The summed E-state index contributed by atoms with van der Waals surface area (Å²) in [6.07, 6.45) is 0.892. The highest BCUT2D eigenvalue weighted by Crippen LogP contribution is 2.31. The van der Waals surface area contributed by atoms with Crippen molar-refractivity contribution in [3.8, 4) is 0 Å². The number of benzene rings is 1. The summed E-state index contributed by atoms with van der Waals surface area (Å²) in [5, 5.41) is 3.02. The summed E-state index contributed by atoms with van der Waals surface area (Å²) in [5.41, 5.74) is 1.65. The molecule has 0 aliphatic carbocycles. The minimum absolute atomic E-state index is 0.385. The van der Waals surface area contributed by atoms with Gasteiger partial charge in [-0.15, -0.1) is 22.9 Å². The summed E-state index contributed by atoms with van der Waals surface area (Å²) in [7, 11) is 0. The molecule has 0 unspecified atom stereocenters. The zero-order valence-corrected chi connectivity index (χ0v) is 10.8. The van der Waals surface area contributed by atoms with Crippen LogP contribution in [0.15, 0.2) is 17.5 Å². The first kappa shape index (κ1) is 10.4. The Balaban J connectivity index is 2.88. The van der Waals surface area contributed by atoms with E-state index in [1.165, 1.54) is 4.70 Å². The lowest BCUT2D eigenvalue weighted by Crippen LogP contribution is -1.91. The largest absolute Gasteiger partial charge is 0.298 e. The number of halogens is 2. The molecule has 2 rings (SSSR count). The third-order valence-electron chi connectivity index (χ3n) is 2.08. The van der Waals surface area contributed by atoms with Crippen LogP contribution >= 0.6 is 45.5 Å². The van der Waals surface area contributed by atoms with Crippen LogP contribution in [0.3, 0.4) is 0 Å². The van der Waals surface area contributed by atoms with E-state index in [0.29, 0.717) is 5.88 Å². The lowest BCUT2D eigenvalue weighted by atomic mass is 10.1. The standard InChI is InChI=1S/C10H6ClIOS/c11-4-6-3-9(12)10-7(1-2-14-10)8(6)5-13/h1-3,5H,4H2. The van der Waals surface area contributed by atoms with Gasteiger partial charge in [0, 0.05) is 25.1 Å². The fourth-order valence-electron chi connectivity index (χ4n) is 1.43. The third-order valence-corrected chi connectivity index (χ3v) is 4.53. The van der Waals surface area contributed by atoms with E-state index < -0.39 is 0 Å². The van der Waals surface area contributed by atoms with Crippen LogP contribution in [0.1, 0.15) is 15.9 Å². The minimum atomic E-state index is 0.385. The molecule has 0 atom stereocenters. The number of carbonyl (C=O) groups excluding carboxylic acids is 1. The monoisotopic (exact) mass is 336 g/mol. The summed E-state index contributed by atoms with van der Waals surface area (Å²) in [4.78, 5) is 11.0. The maximum Gasteiger partial charge on any atom is 0.151 e. The lowest BCUT2D eigenvalue weighted by molar-refractivity contribution is 0.112. The number of alkyl halides is 1. The van der Waals surface area contributed by atoms with Gasteiger partial charge in [0.2, 0.25) is 0 Å². The van der Waals surface area contributed by atoms with Gasteiger partial charge in [0.15, 0.2) is 6.29 Å². The van der Waals surface area contributed by atoms with Gasteiger partial charge in [-0.3, -0.25) is 4.79 Å². The normalized spacial score (nSPS) is 10.7. The van der Waals surface area contributed by atoms with E-state index in [9.17, 15) is 4.79 Å². The highest BCUT2D eigenvalue weighted by Gasteiger charge is 2.10. The maximum absolute atomic E-state index is 11.0. The fraction of sp³-hybridized carbons (Fsp3) is 0.100. The highest BCUT2D eigenvalue weighted by atomic mass is 127. The van der Waals surface area contributed by atoms with E-state index in [2.05, 4.69) is 22.6 Å². The van der Waals surface area contributed by atoms with Gasteiger partial charge in [0.05, 0.1) is 0 Å². The van der Waals surface area contributed by atoms with Gasteiger partial charge in [-0.25, -0.2) is 0 Å². The third kappa shape index (κ3) is 1.57. The van der Waals surface area contributed by atoms with Crippen molar-refractivity contribution in [1.29, 1.82) is 0 Å². The highest BCUT2D eigenvalue weighted by molar-refractivity contribution is 14.1. The molecule has 1 aromatic carbocycles. The molecule has 2 aromatic rings. The second kappa shape index (κ2) is 4.16. The van der Waals surface area contributed by atoms with E-state index in [4.69, 9.17) is 11.6 Å². The summed E-state index contributed by atoms with van der Waals surface area (Å²) >= 11 is 9.72. The first-order chi connectivity index (χ1) is 6.77. The van der Waals surface area contributed by atoms with Crippen LogP contribution in [0.2, 0.25) is 0 Å². The molecule has 1 nitrogen and oxygen atoms in total. The molecule has 0 saturated carbocycles. The molecule has 4 heteroatoms. The van der Waals surface area contributed by atoms with E-state index >= 15 is 0 Å². The molecule has 0 aliphatic rings. The van der Waals surface area contributed by atoms with Crippen molar-refractivity contribution in [3.63, 3.8) is 0 Å². The number of hydrogen-bond donors (Lipinski definition) is 0. The van der Waals surface area contributed by atoms with E-state index in [-0.39, 0.29) is 0 Å². The smallest absolute Gasteiger partial charge is 0.151 e. The van der Waals surface area contributed by atoms with Crippen molar-refractivity contribution in [2.45, 2.75) is 5.88 Å². The zero-order chi connectivity index (χ0) is 10.1. The summed E-state index contributed by atoms with van der Waals surface area (Å²) in [5.74, 6) is 0.385. The van der Waals surface area contributed by atoms with Gasteiger partial charge < -0.3 is 0 Å². The molecule has 0 fully saturated rings. The number of hydrogen-bond acceptors (Lipinski definition) is 2. The van der Waals surface area contributed by atoms with Crippen LogP contribution in [-0.2, 0) is 5.88 Å². The van der Waals surface area contributed by atoms with Gasteiger partial charge in [0.25, 0.3) is 0 Å². The van der Waals surface area contributed by atoms with Gasteiger partial charge in [0.1, 0.15) is 0 Å². The van der Waals surface area contributed by atoms with Crippen LogP contribution in [0.4, 0.5) is 0 Å². The Labute approximate surface area is 104 Å². The Kier molecular flexibility index (Phi) is 3.09. The fourth-order valence-corrected chi connectivity index (χ4v) is 3.51. The van der Waals surface area contributed by atoms with Gasteiger partial charge in [-0.1, -0.05) is 0 Å². The first-order valence-electron chi connectivity index (χ1n) is 3.97. The topological polar surface area (TPSA) is 17.1 Å². The molecule has 0 amide bonds. The minimum Gasteiger partial charge on any atom is -0.298 e. The molecular formula is C10H6ClIOS. The summed E-state index contributed by atoms with van der Waals surface area (Å²) < 4.78 is 2.33. The molecule has 1 aromatic heterocycles. The van der Waals surface area contributed by atoms with Gasteiger partial charge in [-0.05, 0) is 45.7 Å². The van der Waals surface area contributed by atoms with E-state index in [1.54, 1.807) is 11.3 Å². The van der Waals surface area contributed by atoms with Gasteiger partial charge >= 0.3 is 0 Å². The first-order valence-corrected chi connectivity index (χ1v) is 6.47. The molecule has 0 aliphatic heterocycles. The average molecular weight is 337 g/mol. The molecule has 72 valence electrons. The summed E-state index contributed by atoms with van der Waals surface area (Å²) in [6.45, 7) is 0. The second-order valence-corrected chi connectivity index (χ2v) is 5.19. The van der Waals surface area contributed by atoms with Crippen molar-refractivity contribution in [3.05, 3.63) is 32.2 Å². The molecule has 14 heavy (non-hydrogen) atoms. The number of carbonyl (C=O) groups is 1. The van der Waals surface area contributed by atoms with E-state index in [0.717, 1.165) is 26.4 Å². The number of fused-ring (bicyclic) bond motifs is 1. The summed E-state index contributed by atoms with van der Waals surface area (Å²) in [6, 6.07) is 3.96. The molecule has 0 spiro atoms. The Morgan fingerprint density at radius 1 is 1.57 bits per heavy atom. The van der Waals surface area contributed by atoms with Crippen molar-refractivity contribution >= 4 is 61.9 Å². The van der Waals surface area contributed by atoms with Crippen LogP contribution in [0.5, 0.6) is 0 Å². The zero-order valence-electron chi connectivity index (χ0n) is 7.09. The lowest BCUT2D eigenvalue weighted by Gasteiger charge is -2.04. The van der Waals surface area contributed by atoms with Gasteiger partial charge in [-0.2, -0.15) is 0 Å². The van der Waals surface area contributed by atoms with Crippen LogP contribution < -0.4 is 0 Å². The molecular weight excluding hydrogens is 331 g/mol. The molecule has 0 N–H and O–H groups in total. The number of rotatable bonds is 2. The molecule has 0 radical (unpaired) electrons. The Hall–Kier alpha value is -0.130. The van der Waals surface area contributed by atoms with Crippen molar-refractivity contribution in [1.82, 2.24) is 0 Å². The van der Waals surface area contributed by atoms with Crippen molar-refractivity contribution in [2.75, 3.05) is 0 Å². The van der Waals surface area contributed by atoms with Crippen molar-refractivity contribution in [2.24, 2.45) is 0 Å². The SMILES string of the molecule is O=Cc1c(CCl)cc(I)c2sccc12. The predicted octanol–water partition coefficient (Wildman–Crippen LogP) is 4.06. The molecule has 1 heterocycles. The number of thiophene rings is 1. The maximum atomic E-state index is 11.0. The number of aldehydes is 1. The van der Waals surface area contributed by atoms with Crippen molar-refractivity contribution < 1.29 is 4.79 Å². The van der Waals surface area contributed by atoms with Crippen LogP contribution in [0.25, 0.3) is 10.1 Å². The van der Waals surface area contributed by atoms with E-state index in [1.807, 2.05) is 17.5 Å². The molecule has 0 saturated heterocycles.